The van der Waals surface area contributed by atoms with Gasteiger partial charge in [-0.1, -0.05) is 0 Å². The van der Waals surface area contributed by atoms with Crippen LogP contribution in [0.15, 0.2) is 0 Å². The van der Waals surface area contributed by atoms with Crippen molar-refractivity contribution in [3.8, 4) is 0 Å². The molecule has 0 aliphatic heterocycles. The van der Waals surface area contributed by atoms with E-state index in [0.29, 0.717) is 0 Å². The largest absolute Gasteiger partial charge is 3.00 e. The summed E-state index contributed by atoms with van der Waals surface area (Å²) in [6, 6.07) is 0. The molecule has 0 fully saturated rings. The molecule has 0 unspecified atom stereocenters. The molecule has 0 aromatic rings. The number of carbonyl (C=O) groups is 3. The predicted molar refractivity (Wildman–Crippen MR) is 28.8 cm³/mol. The summed E-state index contributed by atoms with van der Waals surface area (Å²) in [6.07, 6.45) is -4.75. The molecule has 0 aromatic carbocycles. The van der Waals surface area contributed by atoms with Crippen molar-refractivity contribution in [2.75, 3.05) is 0 Å². The molecule has 0 rings (SSSR count). The van der Waals surface area contributed by atoms with Crippen molar-refractivity contribution < 1.29 is 46.8 Å². The molecule has 0 saturated heterocycles. The molecule has 0 aliphatic rings. The van der Waals surface area contributed by atoms with Gasteiger partial charge in [0, 0.05) is 0 Å². The summed E-state index contributed by atoms with van der Waals surface area (Å²) in [5.74, 6) is 0. The van der Waals surface area contributed by atoms with E-state index < -0.39 is 18.3 Å². The van der Waals surface area contributed by atoms with Gasteiger partial charge in [-0.05, 0) is 0 Å². The first-order valence-electron chi connectivity index (χ1n) is 2.09. The molecule has 9 nitrogen and oxygen atoms in total. The van der Waals surface area contributed by atoms with Gasteiger partial charge in [0.1, 0.15) is 18.3 Å². The molecule has 0 saturated carbocycles. The van der Waals surface area contributed by atoms with Crippen LogP contribution in [-0.2, 0) is 17.1 Å². The Bertz CT molecular complexity index is 121. The summed E-state index contributed by atoms with van der Waals surface area (Å²) in [5.41, 5.74) is 11.8. The van der Waals surface area contributed by atoms with E-state index in [0.717, 1.165) is 0 Å². The summed E-state index contributed by atoms with van der Waals surface area (Å²) in [4.78, 5) is 26.0. The third-order valence-corrected chi connectivity index (χ3v) is 0. The van der Waals surface area contributed by atoms with Crippen molar-refractivity contribution in [3.05, 3.63) is 0 Å². The van der Waals surface area contributed by atoms with Gasteiger partial charge in [-0.25, -0.2) is 0 Å². The Kier molecular flexibility index (Phi) is 29.0. The Morgan fingerprint density at radius 2 is 0.692 bits per heavy atom. The fourth-order valence-corrected chi connectivity index (χ4v) is 0. The van der Waals surface area contributed by atoms with Crippen LogP contribution in [-0.4, -0.2) is 18.3 Å². The number of carbonyl (C=O) groups excluding carboxylic acids is 3. The molecule has 13 heavy (non-hydrogen) atoms. The fourth-order valence-electron chi connectivity index (χ4n) is 0. The molecular weight excluding hydrogens is 230 g/mol. The second kappa shape index (κ2) is 16.7. The van der Waals surface area contributed by atoms with Crippen LogP contribution in [0.1, 0.15) is 0 Å². The van der Waals surface area contributed by atoms with Crippen molar-refractivity contribution >= 4 is 18.3 Å². The van der Waals surface area contributed by atoms with Gasteiger partial charge < -0.3 is 46.9 Å². The Labute approximate surface area is 83.0 Å². The molecule has 0 atom stereocenters. The van der Waals surface area contributed by atoms with Crippen molar-refractivity contribution in [3.63, 3.8) is 0 Å². The maximum absolute atomic E-state index is 8.67. The minimum atomic E-state index is -1.58. The van der Waals surface area contributed by atoms with E-state index in [9.17, 15) is 0 Å². The van der Waals surface area contributed by atoms with E-state index in [1.54, 1.807) is 0 Å². The summed E-state index contributed by atoms with van der Waals surface area (Å²) >= 11 is 0. The molecule has 3 amide bonds. The normalized spacial score (nSPS) is 5.54. The number of hydrogen-bond donors (Lipinski definition) is 3. The number of nitrogens with two attached hydrogens (primary N) is 3. The zero-order chi connectivity index (χ0) is 10.7. The summed E-state index contributed by atoms with van der Waals surface area (Å²) in [5, 5.41) is 26.0. The van der Waals surface area contributed by atoms with Gasteiger partial charge in [-0.3, -0.25) is 0 Å². The molecule has 77 valence electrons. The first kappa shape index (κ1) is 22.5. The van der Waals surface area contributed by atoms with Gasteiger partial charge in [-0.2, -0.15) is 0 Å². The van der Waals surface area contributed by atoms with Gasteiger partial charge >= 0.3 is 17.1 Å². The summed E-state index contributed by atoms with van der Waals surface area (Å²) in [7, 11) is 0. The SMILES string of the molecule is NC(=O)[O-].NC(=O)[O-].NC(=O)[O-].[Fe+3]. The summed E-state index contributed by atoms with van der Waals surface area (Å²) < 4.78 is 0. The quantitative estimate of drug-likeness (QED) is 0.351. The standard InChI is InChI=1S/3CH3NO2.Fe/c3*2-1(3)4;/h3*2H2,(H,3,4);/q;;;+3/p-3. The van der Waals surface area contributed by atoms with E-state index >= 15 is 0 Å². The van der Waals surface area contributed by atoms with Crippen LogP contribution in [0.2, 0.25) is 0 Å². The van der Waals surface area contributed by atoms with Gasteiger partial charge in [0.15, 0.2) is 0 Å². The van der Waals surface area contributed by atoms with E-state index in [2.05, 4.69) is 17.2 Å². The number of carboxylic acid groups (broad SMARTS) is 3. The van der Waals surface area contributed by atoms with Crippen LogP contribution < -0.4 is 32.5 Å². The monoisotopic (exact) mass is 236 g/mol. The maximum atomic E-state index is 8.67. The first-order chi connectivity index (χ1) is 5.20. The van der Waals surface area contributed by atoms with Crippen LogP contribution in [0, 0.1) is 0 Å². The molecule has 1 radical (unpaired) electrons. The van der Waals surface area contributed by atoms with Crippen LogP contribution in [0.5, 0.6) is 0 Å². The molecule has 0 aromatic heterocycles. The van der Waals surface area contributed by atoms with Gasteiger partial charge in [0.25, 0.3) is 0 Å². The van der Waals surface area contributed by atoms with E-state index in [1.807, 2.05) is 0 Å². The van der Waals surface area contributed by atoms with Gasteiger partial charge in [0.05, 0.1) is 0 Å². The second-order valence-electron chi connectivity index (χ2n) is 0.957. The van der Waals surface area contributed by atoms with Crippen molar-refractivity contribution in [1.82, 2.24) is 0 Å². The van der Waals surface area contributed by atoms with E-state index in [4.69, 9.17) is 29.7 Å². The van der Waals surface area contributed by atoms with Crippen LogP contribution in [0.3, 0.4) is 0 Å². The molecule has 10 heteroatoms. The van der Waals surface area contributed by atoms with Gasteiger partial charge in [0.2, 0.25) is 0 Å². The zero-order valence-corrected chi connectivity index (χ0v) is 7.14. The molecule has 0 bridgehead atoms. The Hall–Kier alpha value is -1.67. The fraction of sp³-hybridized carbons (Fsp3) is 0. The van der Waals surface area contributed by atoms with Crippen LogP contribution in [0.4, 0.5) is 14.4 Å². The topological polar surface area (TPSA) is 198 Å². The van der Waals surface area contributed by atoms with Crippen molar-refractivity contribution in [2.45, 2.75) is 0 Å². The maximum Gasteiger partial charge on any atom is 3.00 e. The smallest absolute Gasteiger partial charge is 0.530 e. The van der Waals surface area contributed by atoms with E-state index in [-0.39, 0.29) is 17.1 Å². The Balaban J connectivity index is -0.0000000450. The molecule has 0 aliphatic carbocycles. The van der Waals surface area contributed by atoms with Crippen LogP contribution >= 0.6 is 0 Å². The molecule has 0 heterocycles. The Morgan fingerprint density at radius 1 is 0.692 bits per heavy atom. The number of amides is 3. The number of rotatable bonds is 0. The molecular formula is C3H6FeN3O6. The van der Waals surface area contributed by atoms with Crippen molar-refractivity contribution in [1.29, 1.82) is 0 Å². The zero-order valence-electron chi connectivity index (χ0n) is 6.04. The first-order valence-corrected chi connectivity index (χ1v) is 2.09. The Morgan fingerprint density at radius 3 is 0.692 bits per heavy atom. The number of hydrogen-bond acceptors (Lipinski definition) is 6. The average molecular weight is 236 g/mol. The molecule has 6 N–H and O–H groups in total. The van der Waals surface area contributed by atoms with E-state index in [1.165, 1.54) is 0 Å². The van der Waals surface area contributed by atoms with Crippen molar-refractivity contribution in [2.24, 2.45) is 17.2 Å². The average Bonchev–Trinajstić information content (AvgIpc) is 1.54. The second-order valence-corrected chi connectivity index (χ2v) is 0.957. The minimum absolute atomic E-state index is 0. The third kappa shape index (κ3) is 257. The number of primary amides is 3. The predicted octanol–water partition coefficient (Wildman–Crippen LogP) is -5.14. The molecule has 0 spiro atoms. The minimum Gasteiger partial charge on any atom is -0.530 e. The van der Waals surface area contributed by atoms with Gasteiger partial charge in [-0.15, -0.1) is 0 Å². The van der Waals surface area contributed by atoms with Crippen LogP contribution in [0.25, 0.3) is 0 Å². The third-order valence-electron chi connectivity index (χ3n) is 0. The summed E-state index contributed by atoms with van der Waals surface area (Å²) in [6.45, 7) is 0.